The van der Waals surface area contributed by atoms with Gasteiger partial charge < -0.3 is 10.2 Å². The van der Waals surface area contributed by atoms with E-state index < -0.39 is 10.0 Å². The lowest BCUT2D eigenvalue weighted by Crippen LogP contribution is -2.33. The molecule has 1 aromatic rings. The van der Waals surface area contributed by atoms with Crippen LogP contribution in [0.4, 0.5) is 5.69 Å². The summed E-state index contributed by atoms with van der Waals surface area (Å²) < 4.78 is 27.8. The number of amides is 1. The molecular formula is C18H29N3O3S. The van der Waals surface area contributed by atoms with Crippen LogP contribution in [0.1, 0.15) is 46.1 Å². The van der Waals surface area contributed by atoms with Gasteiger partial charge in [0, 0.05) is 24.1 Å². The van der Waals surface area contributed by atoms with Crippen molar-refractivity contribution in [2.24, 2.45) is 0 Å². The molecule has 1 aliphatic heterocycles. The van der Waals surface area contributed by atoms with Gasteiger partial charge in [0.1, 0.15) is 0 Å². The van der Waals surface area contributed by atoms with E-state index >= 15 is 0 Å². The van der Waals surface area contributed by atoms with Crippen LogP contribution in [0.15, 0.2) is 23.1 Å². The molecule has 6 nitrogen and oxygen atoms in total. The van der Waals surface area contributed by atoms with Gasteiger partial charge in [-0.15, -0.1) is 0 Å². The normalized spacial score (nSPS) is 16.6. The topological polar surface area (TPSA) is 78.5 Å². The molecule has 0 saturated heterocycles. The minimum Gasteiger partial charge on any atom is -0.326 e. The van der Waals surface area contributed by atoms with Gasteiger partial charge in [-0.3, -0.25) is 4.79 Å². The molecule has 2 N–H and O–H groups in total. The van der Waals surface area contributed by atoms with E-state index in [1.54, 1.807) is 18.2 Å². The summed E-state index contributed by atoms with van der Waals surface area (Å²) in [7, 11) is -3.55. The Morgan fingerprint density at radius 3 is 2.56 bits per heavy atom. The smallest absolute Gasteiger partial charge is 0.240 e. The van der Waals surface area contributed by atoms with Crippen molar-refractivity contribution in [1.29, 1.82) is 0 Å². The van der Waals surface area contributed by atoms with E-state index in [1.807, 2.05) is 13.8 Å². The molecule has 2 rings (SSSR count). The van der Waals surface area contributed by atoms with Crippen LogP contribution in [0.2, 0.25) is 0 Å². The number of hydrogen-bond donors (Lipinski definition) is 2. The fourth-order valence-corrected chi connectivity index (χ4v) is 4.28. The van der Waals surface area contributed by atoms with E-state index in [0.717, 1.165) is 31.6 Å². The number of nitrogens with zero attached hydrogens (tertiary/aromatic N) is 1. The molecule has 0 aliphatic carbocycles. The lowest BCUT2D eigenvalue weighted by atomic mass is 9.78. The second-order valence-electron chi connectivity index (χ2n) is 7.09. The van der Waals surface area contributed by atoms with Crippen molar-refractivity contribution in [2.75, 3.05) is 31.5 Å². The van der Waals surface area contributed by atoms with Crippen molar-refractivity contribution in [3.05, 3.63) is 23.8 Å². The van der Waals surface area contributed by atoms with E-state index in [0.29, 0.717) is 18.7 Å². The van der Waals surface area contributed by atoms with Crippen molar-refractivity contribution in [3.8, 4) is 0 Å². The first-order valence-electron chi connectivity index (χ1n) is 8.86. The molecule has 25 heavy (non-hydrogen) atoms. The number of sulfonamides is 1. The van der Waals surface area contributed by atoms with Gasteiger partial charge in [-0.2, -0.15) is 0 Å². The van der Waals surface area contributed by atoms with E-state index in [-0.39, 0.29) is 16.2 Å². The number of anilines is 1. The van der Waals surface area contributed by atoms with E-state index in [1.165, 1.54) is 0 Å². The zero-order chi connectivity index (χ0) is 18.7. The molecule has 1 heterocycles. The third kappa shape index (κ3) is 4.80. The van der Waals surface area contributed by atoms with Gasteiger partial charge in [-0.05, 0) is 49.8 Å². The fourth-order valence-electron chi connectivity index (χ4n) is 3.18. The molecule has 0 spiro atoms. The second-order valence-corrected chi connectivity index (χ2v) is 8.86. The standard InChI is InChI=1S/C18H29N3O3S/c1-5-21(6-2)11-7-10-19-25(23,24)14-8-9-16-15(12-14)18(3,4)13-17(22)20-16/h8-9,12,19H,5-7,10-11,13H2,1-4H3,(H,20,22). The Morgan fingerprint density at radius 1 is 1.24 bits per heavy atom. The summed E-state index contributed by atoms with van der Waals surface area (Å²) in [5.74, 6) is -0.0392. The lowest BCUT2D eigenvalue weighted by Gasteiger charge is -2.32. The van der Waals surface area contributed by atoms with Crippen LogP contribution in [0.3, 0.4) is 0 Å². The van der Waals surface area contributed by atoms with Gasteiger partial charge in [0.2, 0.25) is 15.9 Å². The minimum absolute atomic E-state index is 0.0392. The highest BCUT2D eigenvalue weighted by Gasteiger charge is 2.33. The predicted molar refractivity (Wildman–Crippen MR) is 100 cm³/mol. The van der Waals surface area contributed by atoms with Crippen LogP contribution in [-0.4, -0.2) is 45.4 Å². The molecule has 0 aromatic heterocycles. The van der Waals surface area contributed by atoms with Gasteiger partial charge in [0.15, 0.2) is 0 Å². The van der Waals surface area contributed by atoms with Gasteiger partial charge >= 0.3 is 0 Å². The zero-order valence-electron chi connectivity index (χ0n) is 15.6. The molecule has 0 atom stereocenters. The molecule has 7 heteroatoms. The molecule has 140 valence electrons. The van der Waals surface area contributed by atoms with Gasteiger partial charge in [0.05, 0.1) is 4.90 Å². The van der Waals surface area contributed by atoms with E-state index in [2.05, 4.69) is 28.8 Å². The number of rotatable bonds is 8. The third-order valence-corrected chi connectivity index (χ3v) is 6.20. The first-order chi connectivity index (χ1) is 11.7. The first-order valence-corrected chi connectivity index (χ1v) is 10.3. The zero-order valence-corrected chi connectivity index (χ0v) is 16.4. The van der Waals surface area contributed by atoms with Crippen molar-refractivity contribution in [2.45, 2.75) is 50.8 Å². The molecule has 1 aromatic carbocycles. The molecule has 1 amide bonds. The Hall–Kier alpha value is -1.44. The highest BCUT2D eigenvalue weighted by Crippen LogP contribution is 2.38. The summed E-state index contributed by atoms with van der Waals surface area (Å²) in [4.78, 5) is 14.3. The Labute approximate surface area is 151 Å². The second kappa shape index (κ2) is 7.85. The van der Waals surface area contributed by atoms with Gasteiger partial charge in [0.25, 0.3) is 0 Å². The number of fused-ring (bicyclic) bond motifs is 1. The highest BCUT2D eigenvalue weighted by atomic mass is 32.2. The highest BCUT2D eigenvalue weighted by molar-refractivity contribution is 7.89. The largest absolute Gasteiger partial charge is 0.326 e. The Balaban J connectivity index is 2.09. The van der Waals surface area contributed by atoms with Crippen LogP contribution < -0.4 is 10.0 Å². The number of benzene rings is 1. The molecule has 1 aliphatic rings. The van der Waals surface area contributed by atoms with E-state index in [4.69, 9.17) is 0 Å². The Kier molecular flexibility index (Phi) is 6.24. The molecule has 0 radical (unpaired) electrons. The van der Waals surface area contributed by atoms with Crippen molar-refractivity contribution in [1.82, 2.24) is 9.62 Å². The van der Waals surface area contributed by atoms with Crippen molar-refractivity contribution < 1.29 is 13.2 Å². The number of carbonyl (C=O) groups excluding carboxylic acids is 1. The number of nitrogens with one attached hydrogen (secondary N) is 2. The lowest BCUT2D eigenvalue weighted by molar-refractivity contribution is -0.117. The summed E-state index contributed by atoms with van der Waals surface area (Å²) in [6, 6.07) is 4.91. The third-order valence-electron chi connectivity index (χ3n) is 4.74. The van der Waals surface area contributed by atoms with Crippen molar-refractivity contribution in [3.63, 3.8) is 0 Å². The Bertz CT molecular complexity index is 725. The molecule has 0 bridgehead atoms. The molecule has 0 unspecified atom stereocenters. The van der Waals surface area contributed by atoms with Crippen LogP contribution in [0.25, 0.3) is 0 Å². The van der Waals surface area contributed by atoms with E-state index in [9.17, 15) is 13.2 Å². The fraction of sp³-hybridized carbons (Fsp3) is 0.611. The van der Waals surface area contributed by atoms with Crippen LogP contribution in [0, 0.1) is 0 Å². The summed E-state index contributed by atoms with van der Waals surface area (Å²) in [6.07, 6.45) is 1.12. The quantitative estimate of drug-likeness (QED) is 0.691. The SMILES string of the molecule is CCN(CC)CCCNS(=O)(=O)c1ccc2c(c1)C(C)(C)CC(=O)N2. The van der Waals surface area contributed by atoms with Crippen LogP contribution in [0.5, 0.6) is 0 Å². The monoisotopic (exact) mass is 367 g/mol. The summed E-state index contributed by atoms with van der Waals surface area (Å²) >= 11 is 0. The maximum atomic E-state index is 12.6. The van der Waals surface area contributed by atoms with Crippen molar-refractivity contribution >= 4 is 21.6 Å². The summed E-state index contributed by atoms with van der Waals surface area (Å²) in [5, 5.41) is 2.81. The maximum Gasteiger partial charge on any atom is 0.240 e. The average Bonchev–Trinajstić information content (AvgIpc) is 2.53. The summed E-state index contributed by atoms with van der Waals surface area (Å²) in [6.45, 7) is 11.3. The Morgan fingerprint density at radius 2 is 1.92 bits per heavy atom. The number of carbonyl (C=O) groups is 1. The molecule has 0 saturated carbocycles. The van der Waals surface area contributed by atoms with Gasteiger partial charge in [-0.1, -0.05) is 27.7 Å². The molecule has 0 fully saturated rings. The predicted octanol–water partition coefficient (Wildman–Crippen LogP) is 2.32. The first kappa shape index (κ1) is 19.9. The maximum absolute atomic E-state index is 12.6. The molecular weight excluding hydrogens is 338 g/mol. The number of hydrogen-bond acceptors (Lipinski definition) is 4. The van der Waals surface area contributed by atoms with Crippen LogP contribution in [-0.2, 0) is 20.2 Å². The van der Waals surface area contributed by atoms with Gasteiger partial charge in [-0.25, -0.2) is 13.1 Å². The summed E-state index contributed by atoms with van der Waals surface area (Å²) in [5.41, 5.74) is 1.17. The van der Waals surface area contributed by atoms with Crippen LogP contribution >= 0.6 is 0 Å². The average molecular weight is 368 g/mol. The minimum atomic E-state index is -3.55.